The van der Waals surface area contributed by atoms with E-state index in [0.29, 0.717) is 5.56 Å². The highest BCUT2D eigenvalue weighted by Crippen LogP contribution is 2.30. The van der Waals surface area contributed by atoms with E-state index in [4.69, 9.17) is 5.73 Å². The number of carbonyl (C=O) groups is 1. The second-order valence-corrected chi connectivity index (χ2v) is 4.36. The number of anilines is 2. The minimum atomic E-state index is -0.483. The maximum atomic E-state index is 11.7. The summed E-state index contributed by atoms with van der Waals surface area (Å²) in [6, 6.07) is 5.63. The lowest BCUT2D eigenvalue weighted by molar-refractivity contribution is -0.384. The summed E-state index contributed by atoms with van der Waals surface area (Å²) in [5.74, 6) is 0.0503. The van der Waals surface area contributed by atoms with E-state index in [1.807, 2.05) is 0 Å². The SMILES string of the molecule is Nc1nc2n(n1)C(c1cccc([N+](=O)[O-])c1)CC(=O)N2. The van der Waals surface area contributed by atoms with Crippen LogP contribution in [0.15, 0.2) is 24.3 Å². The third-order valence-corrected chi connectivity index (χ3v) is 3.04. The van der Waals surface area contributed by atoms with Gasteiger partial charge in [-0.2, -0.15) is 4.98 Å². The number of nitro groups is 1. The molecule has 9 heteroatoms. The number of benzene rings is 1. The number of nitro benzene ring substituents is 1. The van der Waals surface area contributed by atoms with E-state index in [1.165, 1.54) is 16.8 Å². The van der Waals surface area contributed by atoms with Gasteiger partial charge in [0.25, 0.3) is 5.69 Å². The summed E-state index contributed by atoms with van der Waals surface area (Å²) in [6.07, 6.45) is 0.122. The molecule has 0 aliphatic carbocycles. The monoisotopic (exact) mass is 274 g/mol. The number of hydrogen-bond donors (Lipinski definition) is 2. The van der Waals surface area contributed by atoms with Crippen molar-refractivity contribution >= 4 is 23.5 Å². The molecule has 0 bridgehead atoms. The second kappa shape index (κ2) is 4.30. The van der Waals surface area contributed by atoms with Crippen LogP contribution >= 0.6 is 0 Å². The summed E-state index contributed by atoms with van der Waals surface area (Å²) in [4.78, 5) is 25.9. The molecule has 20 heavy (non-hydrogen) atoms. The van der Waals surface area contributed by atoms with Gasteiger partial charge in [-0.05, 0) is 5.56 Å². The summed E-state index contributed by atoms with van der Waals surface area (Å²) in [6.45, 7) is 0. The van der Waals surface area contributed by atoms with Gasteiger partial charge in [-0.1, -0.05) is 12.1 Å². The van der Waals surface area contributed by atoms with Gasteiger partial charge in [-0.3, -0.25) is 20.2 Å². The fourth-order valence-corrected chi connectivity index (χ4v) is 2.18. The third kappa shape index (κ3) is 1.94. The molecule has 1 amide bonds. The first-order valence-corrected chi connectivity index (χ1v) is 5.81. The smallest absolute Gasteiger partial charge is 0.269 e. The van der Waals surface area contributed by atoms with Crippen LogP contribution in [0.25, 0.3) is 0 Å². The number of hydrogen-bond acceptors (Lipinski definition) is 6. The van der Waals surface area contributed by atoms with E-state index < -0.39 is 11.0 Å². The number of amides is 1. The molecule has 2 aromatic rings. The molecular formula is C11H10N6O3. The van der Waals surface area contributed by atoms with Crippen LogP contribution in [0.5, 0.6) is 0 Å². The summed E-state index contributed by atoms with van der Waals surface area (Å²) < 4.78 is 1.47. The van der Waals surface area contributed by atoms with Crippen molar-refractivity contribution in [2.45, 2.75) is 12.5 Å². The van der Waals surface area contributed by atoms with E-state index in [2.05, 4.69) is 15.4 Å². The molecule has 1 aromatic heterocycles. The molecule has 3 N–H and O–H groups in total. The molecule has 3 rings (SSSR count). The Kier molecular flexibility index (Phi) is 2.60. The highest BCUT2D eigenvalue weighted by molar-refractivity contribution is 5.91. The van der Waals surface area contributed by atoms with Crippen LogP contribution in [0.3, 0.4) is 0 Å². The Morgan fingerprint density at radius 3 is 3.05 bits per heavy atom. The van der Waals surface area contributed by atoms with Gasteiger partial charge in [-0.25, -0.2) is 4.68 Å². The van der Waals surface area contributed by atoms with E-state index in [1.54, 1.807) is 12.1 Å². The molecule has 9 nitrogen and oxygen atoms in total. The first-order chi connectivity index (χ1) is 9.54. The predicted octanol–water partition coefficient (Wildman–Crippen LogP) is 0.700. The van der Waals surface area contributed by atoms with Crippen LogP contribution in [0, 0.1) is 10.1 Å². The molecule has 0 fully saturated rings. The topological polar surface area (TPSA) is 129 Å². The van der Waals surface area contributed by atoms with Crippen molar-refractivity contribution in [2.24, 2.45) is 0 Å². The Bertz CT molecular complexity index is 710. The number of non-ortho nitro benzene ring substituents is 1. The van der Waals surface area contributed by atoms with Crippen LogP contribution in [-0.2, 0) is 4.79 Å². The summed E-state index contributed by atoms with van der Waals surface area (Å²) in [5.41, 5.74) is 6.09. The van der Waals surface area contributed by atoms with Crippen molar-refractivity contribution in [3.63, 3.8) is 0 Å². The Labute approximate surface area is 112 Å². The van der Waals surface area contributed by atoms with Gasteiger partial charge in [0, 0.05) is 12.1 Å². The molecule has 1 aliphatic heterocycles. The summed E-state index contributed by atoms with van der Waals surface area (Å²) in [5, 5.41) is 17.4. The number of rotatable bonds is 2. The summed E-state index contributed by atoms with van der Waals surface area (Å²) in [7, 11) is 0. The normalized spacial score (nSPS) is 17.4. The maximum Gasteiger partial charge on any atom is 0.269 e. The number of carbonyl (C=O) groups excluding carboxylic acids is 1. The molecule has 1 unspecified atom stereocenters. The Morgan fingerprint density at radius 1 is 1.50 bits per heavy atom. The average Bonchev–Trinajstić information content (AvgIpc) is 2.78. The number of aromatic nitrogens is 3. The van der Waals surface area contributed by atoms with E-state index in [9.17, 15) is 14.9 Å². The van der Waals surface area contributed by atoms with Crippen molar-refractivity contribution < 1.29 is 9.72 Å². The van der Waals surface area contributed by atoms with Gasteiger partial charge in [0.05, 0.1) is 17.4 Å². The largest absolute Gasteiger partial charge is 0.366 e. The zero-order chi connectivity index (χ0) is 14.3. The lowest BCUT2D eigenvalue weighted by Crippen LogP contribution is -2.29. The van der Waals surface area contributed by atoms with Crippen molar-refractivity contribution in [2.75, 3.05) is 11.1 Å². The molecule has 102 valence electrons. The van der Waals surface area contributed by atoms with Gasteiger partial charge in [0.15, 0.2) is 0 Å². The molecule has 1 aromatic carbocycles. The highest BCUT2D eigenvalue weighted by atomic mass is 16.6. The van der Waals surface area contributed by atoms with Crippen molar-refractivity contribution in [1.82, 2.24) is 14.8 Å². The van der Waals surface area contributed by atoms with Crippen LogP contribution in [0.2, 0.25) is 0 Å². The van der Waals surface area contributed by atoms with Crippen LogP contribution in [0.4, 0.5) is 17.6 Å². The van der Waals surface area contributed by atoms with Crippen molar-refractivity contribution in [3.05, 3.63) is 39.9 Å². The third-order valence-electron chi connectivity index (χ3n) is 3.04. The van der Waals surface area contributed by atoms with Crippen molar-refractivity contribution in [1.29, 1.82) is 0 Å². The standard InChI is InChI=1S/C11H10N6O3/c12-10-14-11-13-9(18)5-8(16(11)15-10)6-2-1-3-7(4-6)17(19)20/h1-4,8H,5H2,(H3,12,13,14,15,18). The number of nitrogens with two attached hydrogens (primary N) is 1. The molecular weight excluding hydrogens is 264 g/mol. The fraction of sp³-hybridized carbons (Fsp3) is 0.182. The van der Waals surface area contributed by atoms with Crippen molar-refractivity contribution in [3.8, 4) is 0 Å². The van der Waals surface area contributed by atoms with Gasteiger partial charge in [0.2, 0.25) is 17.8 Å². The number of nitrogens with one attached hydrogen (secondary N) is 1. The van der Waals surface area contributed by atoms with E-state index in [0.717, 1.165) is 0 Å². The Morgan fingerprint density at radius 2 is 2.30 bits per heavy atom. The number of fused-ring (bicyclic) bond motifs is 1. The van der Waals surface area contributed by atoms with Gasteiger partial charge in [0.1, 0.15) is 0 Å². The van der Waals surface area contributed by atoms with Crippen LogP contribution in [-0.4, -0.2) is 25.6 Å². The lowest BCUT2D eigenvalue weighted by Gasteiger charge is -2.23. The Balaban J connectivity index is 2.08. The molecule has 1 atom stereocenters. The molecule has 0 saturated heterocycles. The minimum absolute atomic E-state index is 0.0388. The van der Waals surface area contributed by atoms with Gasteiger partial charge < -0.3 is 5.73 Å². The quantitative estimate of drug-likeness (QED) is 0.612. The average molecular weight is 274 g/mol. The fourth-order valence-electron chi connectivity index (χ4n) is 2.18. The van der Waals surface area contributed by atoms with Gasteiger partial charge in [-0.15, -0.1) is 5.10 Å². The van der Waals surface area contributed by atoms with E-state index in [-0.39, 0.29) is 29.9 Å². The molecule has 0 spiro atoms. The Hall–Kier alpha value is -2.97. The maximum absolute atomic E-state index is 11.7. The van der Waals surface area contributed by atoms with Crippen LogP contribution < -0.4 is 11.1 Å². The zero-order valence-corrected chi connectivity index (χ0v) is 10.2. The number of nitrogen functional groups attached to an aromatic ring is 1. The molecule has 0 saturated carbocycles. The molecule has 2 heterocycles. The number of nitrogens with zero attached hydrogens (tertiary/aromatic N) is 4. The zero-order valence-electron chi connectivity index (χ0n) is 10.2. The predicted molar refractivity (Wildman–Crippen MR) is 68.9 cm³/mol. The lowest BCUT2D eigenvalue weighted by atomic mass is 10.0. The van der Waals surface area contributed by atoms with Crippen LogP contribution in [0.1, 0.15) is 18.0 Å². The van der Waals surface area contributed by atoms with Gasteiger partial charge >= 0.3 is 0 Å². The first-order valence-electron chi connectivity index (χ1n) is 5.81. The molecule has 0 radical (unpaired) electrons. The van der Waals surface area contributed by atoms with E-state index >= 15 is 0 Å². The second-order valence-electron chi connectivity index (χ2n) is 4.36. The highest BCUT2D eigenvalue weighted by Gasteiger charge is 2.29. The molecule has 1 aliphatic rings. The summed E-state index contributed by atoms with van der Waals surface area (Å²) >= 11 is 0. The first kappa shape index (κ1) is 12.1. The minimum Gasteiger partial charge on any atom is -0.366 e.